The summed E-state index contributed by atoms with van der Waals surface area (Å²) in [4.78, 5) is 33.6. The molecule has 6 nitrogen and oxygen atoms in total. The second kappa shape index (κ2) is 7.88. The lowest BCUT2D eigenvalue weighted by Gasteiger charge is -2.03. The molecule has 8 heteroatoms. The fourth-order valence-electron chi connectivity index (χ4n) is 3.04. The highest BCUT2D eigenvalue weighted by atomic mass is 32.2. The predicted octanol–water partition coefficient (Wildman–Crippen LogP) is 4.94. The van der Waals surface area contributed by atoms with Crippen molar-refractivity contribution in [3.8, 4) is 11.1 Å². The summed E-state index contributed by atoms with van der Waals surface area (Å²) in [5.41, 5.74) is 2.96. The van der Waals surface area contributed by atoms with E-state index in [1.807, 2.05) is 38.1 Å². The third-order valence-electron chi connectivity index (χ3n) is 4.46. The van der Waals surface area contributed by atoms with Crippen molar-refractivity contribution in [3.63, 3.8) is 0 Å². The molecule has 3 aromatic heterocycles. The number of nitrogens with zero attached hydrogens (tertiary/aromatic N) is 1. The van der Waals surface area contributed by atoms with Gasteiger partial charge in [0.15, 0.2) is 5.16 Å². The number of carbonyl (C=O) groups excluding carboxylic acids is 1. The second-order valence-corrected chi connectivity index (χ2v) is 8.66. The van der Waals surface area contributed by atoms with E-state index in [1.165, 1.54) is 35.8 Å². The van der Waals surface area contributed by atoms with Gasteiger partial charge in [0.1, 0.15) is 10.6 Å². The zero-order chi connectivity index (χ0) is 20.5. The van der Waals surface area contributed by atoms with Crippen LogP contribution in [0.1, 0.15) is 26.8 Å². The molecular weight excluding hydrogens is 408 g/mol. The van der Waals surface area contributed by atoms with Crippen LogP contribution < -0.4 is 5.56 Å². The predicted molar refractivity (Wildman–Crippen MR) is 115 cm³/mol. The lowest BCUT2D eigenvalue weighted by molar-refractivity contribution is 0.0563. The van der Waals surface area contributed by atoms with Crippen molar-refractivity contribution in [2.75, 3.05) is 7.11 Å². The molecule has 0 aliphatic carbocycles. The highest BCUT2D eigenvalue weighted by Crippen LogP contribution is 2.36. The Hall–Kier alpha value is -2.84. The Morgan fingerprint density at radius 2 is 1.97 bits per heavy atom. The standard InChI is InChI=1S/C21H18N2O4S2/c1-11-4-6-13(7-5-11)16-12(2)29-19-17(16)18(24)22-21(23-19)28-10-14-8-9-15(27-14)20(25)26-3/h4-9H,10H2,1-3H3,(H,22,23,24). The summed E-state index contributed by atoms with van der Waals surface area (Å²) in [7, 11) is 1.30. The van der Waals surface area contributed by atoms with Gasteiger partial charge in [-0.1, -0.05) is 41.6 Å². The first-order chi connectivity index (χ1) is 14.0. The highest BCUT2D eigenvalue weighted by molar-refractivity contribution is 7.98. The van der Waals surface area contributed by atoms with Crippen molar-refractivity contribution < 1.29 is 13.9 Å². The Kier molecular flexibility index (Phi) is 5.29. The van der Waals surface area contributed by atoms with E-state index in [0.717, 1.165) is 16.0 Å². The van der Waals surface area contributed by atoms with Crippen LogP contribution in [0.15, 0.2) is 50.8 Å². The maximum atomic E-state index is 12.8. The van der Waals surface area contributed by atoms with Crippen LogP contribution in [0, 0.1) is 13.8 Å². The van der Waals surface area contributed by atoms with Gasteiger partial charge < -0.3 is 14.1 Å². The molecule has 0 fully saturated rings. The number of hydrogen-bond donors (Lipinski definition) is 1. The fourth-order valence-corrected chi connectivity index (χ4v) is 4.90. The number of aromatic amines is 1. The zero-order valence-corrected chi connectivity index (χ0v) is 17.7. The summed E-state index contributed by atoms with van der Waals surface area (Å²) >= 11 is 2.85. The van der Waals surface area contributed by atoms with Crippen LogP contribution in [0.4, 0.5) is 0 Å². The zero-order valence-electron chi connectivity index (χ0n) is 16.1. The van der Waals surface area contributed by atoms with E-state index in [2.05, 4.69) is 14.7 Å². The van der Waals surface area contributed by atoms with Gasteiger partial charge in [0, 0.05) is 10.4 Å². The number of aromatic nitrogens is 2. The van der Waals surface area contributed by atoms with Crippen LogP contribution in [0.25, 0.3) is 21.3 Å². The number of ether oxygens (including phenoxy) is 1. The lowest BCUT2D eigenvalue weighted by Crippen LogP contribution is -2.08. The number of furan rings is 1. The number of carbonyl (C=O) groups is 1. The van der Waals surface area contributed by atoms with Gasteiger partial charge in [-0.3, -0.25) is 4.79 Å². The van der Waals surface area contributed by atoms with E-state index in [1.54, 1.807) is 12.1 Å². The minimum absolute atomic E-state index is 0.150. The minimum atomic E-state index is -0.521. The van der Waals surface area contributed by atoms with Gasteiger partial charge in [0.25, 0.3) is 5.56 Å². The van der Waals surface area contributed by atoms with Crippen LogP contribution >= 0.6 is 23.1 Å². The van der Waals surface area contributed by atoms with Crippen LogP contribution in [0.2, 0.25) is 0 Å². The monoisotopic (exact) mass is 426 g/mol. The van der Waals surface area contributed by atoms with E-state index in [-0.39, 0.29) is 11.3 Å². The first-order valence-corrected chi connectivity index (χ1v) is 10.7. The molecule has 1 aromatic carbocycles. The number of nitrogens with one attached hydrogen (secondary N) is 1. The molecule has 0 saturated heterocycles. The van der Waals surface area contributed by atoms with E-state index in [0.29, 0.717) is 26.9 Å². The molecule has 0 aliphatic rings. The maximum absolute atomic E-state index is 12.8. The third kappa shape index (κ3) is 3.86. The van der Waals surface area contributed by atoms with Gasteiger partial charge in [0.2, 0.25) is 5.76 Å². The molecule has 0 saturated carbocycles. The van der Waals surface area contributed by atoms with Crippen LogP contribution in [0.5, 0.6) is 0 Å². The molecule has 148 valence electrons. The van der Waals surface area contributed by atoms with Gasteiger partial charge in [-0.25, -0.2) is 9.78 Å². The highest BCUT2D eigenvalue weighted by Gasteiger charge is 2.17. The first kappa shape index (κ1) is 19.5. The van der Waals surface area contributed by atoms with Gasteiger partial charge >= 0.3 is 5.97 Å². The summed E-state index contributed by atoms with van der Waals surface area (Å²) in [5.74, 6) is 0.657. The molecule has 4 aromatic rings. The average molecular weight is 427 g/mol. The van der Waals surface area contributed by atoms with Gasteiger partial charge in [-0.2, -0.15) is 0 Å². The topological polar surface area (TPSA) is 85.2 Å². The number of thioether (sulfide) groups is 1. The smallest absolute Gasteiger partial charge is 0.373 e. The quantitative estimate of drug-likeness (QED) is 0.276. The number of methoxy groups -OCH3 is 1. The molecule has 0 spiro atoms. The Bertz CT molecular complexity index is 1250. The Labute approximate surface area is 174 Å². The van der Waals surface area contributed by atoms with Crippen LogP contribution in [-0.2, 0) is 10.5 Å². The molecule has 29 heavy (non-hydrogen) atoms. The van der Waals surface area contributed by atoms with E-state index in [4.69, 9.17) is 4.42 Å². The first-order valence-electron chi connectivity index (χ1n) is 8.86. The summed E-state index contributed by atoms with van der Waals surface area (Å²) < 4.78 is 10.1. The maximum Gasteiger partial charge on any atom is 0.373 e. The number of aryl methyl sites for hydroxylation is 2. The molecule has 0 aliphatic heterocycles. The molecule has 0 atom stereocenters. The molecule has 0 amide bonds. The Morgan fingerprint density at radius 1 is 1.21 bits per heavy atom. The molecule has 3 heterocycles. The van der Waals surface area contributed by atoms with Crippen molar-refractivity contribution in [2.24, 2.45) is 0 Å². The summed E-state index contributed by atoms with van der Waals surface area (Å²) in [6.07, 6.45) is 0. The average Bonchev–Trinajstić information content (AvgIpc) is 3.31. The van der Waals surface area contributed by atoms with Gasteiger partial charge in [0.05, 0.1) is 18.2 Å². The summed E-state index contributed by atoms with van der Waals surface area (Å²) in [6, 6.07) is 11.4. The van der Waals surface area contributed by atoms with Crippen molar-refractivity contribution in [1.29, 1.82) is 0 Å². The van der Waals surface area contributed by atoms with Crippen molar-refractivity contribution >= 4 is 39.3 Å². The van der Waals surface area contributed by atoms with Crippen LogP contribution in [0.3, 0.4) is 0 Å². The van der Waals surface area contributed by atoms with Gasteiger partial charge in [-0.15, -0.1) is 11.3 Å². The van der Waals surface area contributed by atoms with E-state index in [9.17, 15) is 9.59 Å². The minimum Gasteiger partial charge on any atom is -0.463 e. The number of benzene rings is 1. The van der Waals surface area contributed by atoms with E-state index < -0.39 is 5.97 Å². The largest absolute Gasteiger partial charge is 0.463 e. The van der Waals surface area contributed by atoms with Crippen molar-refractivity contribution in [2.45, 2.75) is 24.8 Å². The SMILES string of the molecule is COC(=O)c1ccc(CSc2nc3sc(C)c(-c4ccc(C)cc4)c3c(=O)[nH]2)o1. The summed E-state index contributed by atoms with van der Waals surface area (Å²) in [6.45, 7) is 4.04. The molecule has 0 unspecified atom stereocenters. The number of thiophene rings is 1. The fraction of sp³-hybridized carbons (Fsp3) is 0.190. The number of rotatable bonds is 5. The number of hydrogen-bond acceptors (Lipinski definition) is 7. The molecule has 0 radical (unpaired) electrons. The molecular formula is C21H18N2O4S2. The normalized spacial score (nSPS) is 11.1. The Morgan fingerprint density at radius 3 is 2.69 bits per heavy atom. The van der Waals surface area contributed by atoms with Crippen molar-refractivity contribution in [1.82, 2.24) is 9.97 Å². The number of fused-ring (bicyclic) bond motifs is 1. The number of esters is 1. The summed E-state index contributed by atoms with van der Waals surface area (Å²) in [5, 5.41) is 1.13. The van der Waals surface area contributed by atoms with E-state index >= 15 is 0 Å². The molecule has 4 rings (SSSR count). The second-order valence-electron chi connectivity index (χ2n) is 6.50. The van der Waals surface area contributed by atoms with Gasteiger partial charge in [-0.05, 0) is 31.5 Å². The van der Waals surface area contributed by atoms with Crippen molar-refractivity contribution in [3.05, 3.63) is 68.7 Å². The molecule has 0 bridgehead atoms. The third-order valence-corrected chi connectivity index (χ3v) is 6.35. The van der Waals surface area contributed by atoms with Crippen LogP contribution in [-0.4, -0.2) is 23.0 Å². The lowest BCUT2D eigenvalue weighted by atomic mass is 10.0. The molecule has 1 N–H and O–H groups in total. The number of H-pyrrole nitrogens is 1. The Balaban J connectivity index is 1.63.